The van der Waals surface area contributed by atoms with E-state index in [4.69, 9.17) is 21.4 Å². The molecular weight excluding hydrogens is 280 g/mol. The number of halogens is 1. The van der Waals surface area contributed by atoms with Gasteiger partial charge in [0.05, 0.1) is 19.1 Å². The van der Waals surface area contributed by atoms with Crippen LogP contribution in [0.2, 0.25) is 5.02 Å². The molecule has 0 aromatic heterocycles. The van der Waals surface area contributed by atoms with Crippen molar-refractivity contribution >= 4 is 23.4 Å². The monoisotopic (exact) mass is 294 g/mol. The molecule has 2 atom stereocenters. The van der Waals surface area contributed by atoms with Gasteiger partial charge in [-0.2, -0.15) is 0 Å². The smallest absolute Gasteiger partial charge is 0.307 e. The Balaban J connectivity index is 1.81. The first-order chi connectivity index (χ1) is 9.42. The zero-order valence-electron chi connectivity index (χ0n) is 11.1. The number of hydrogen-bond donors (Lipinski definition) is 1. The molecule has 1 saturated heterocycles. The number of Topliss-reactive ketones (excluding diaryl/α,β-unsaturated/α-hetero) is 1. The van der Waals surface area contributed by atoms with Crippen LogP contribution >= 0.6 is 11.6 Å². The van der Waals surface area contributed by atoms with Gasteiger partial charge in [-0.1, -0.05) is 30.7 Å². The van der Waals surface area contributed by atoms with Gasteiger partial charge < -0.3 is 9.84 Å². The molecule has 1 saturated carbocycles. The first-order valence-electron chi connectivity index (χ1n) is 6.57. The predicted octanol–water partition coefficient (Wildman–Crippen LogP) is 2.53. The van der Waals surface area contributed by atoms with Gasteiger partial charge in [-0.15, -0.1) is 0 Å². The van der Waals surface area contributed by atoms with Gasteiger partial charge in [-0.25, -0.2) is 0 Å². The standard InChI is InChI=1S/C15H15ClO4/c1-15(6-20-7-15)11-3-2-8(4-12(11)16)13(17)9-5-10(9)14(18)19/h2-4,9-10H,5-7H2,1H3,(H,18,19)/t9-,10-/m0/s1. The van der Waals surface area contributed by atoms with Crippen molar-refractivity contribution in [3.05, 3.63) is 34.3 Å². The summed E-state index contributed by atoms with van der Waals surface area (Å²) in [6.45, 7) is 3.33. The second kappa shape index (κ2) is 4.57. The lowest BCUT2D eigenvalue weighted by Gasteiger charge is -2.39. The van der Waals surface area contributed by atoms with Crippen LogP contribution in [0.3, 0.4) is 0 Å². The van der Waals surface area contributed by atoms with E-state index in [0.717, 1.165) is 5.56 Å². The highest BCUT2D eigenvalue weighted by molar-refractivity contribution is 6.32. The maximum atomic E-state index is 12.2. The fraction of sp³-hybridized carbons (Fsp3) is 0.467. The maximum absolute atomic E-state index is 12.2. The van der Waals surface area contributed by atoms with Crippen molar-refractivity contribution in [3.63, 3.8) is 0 Å². The number of benzene rings is 1. The van der Waals surface area contributed by atoms with Crippen molar-refractivity contribution in [3.8, 4) is 0 Å². The molecule has 1 heterocycles. The fourth-order valence-corrected chi connectivity index (χ4v) is 3.10. The van der Waals surface area contributed by atoms with Crippen molar-refractivity contribution in [1.82, 2.24) is 0 Å². The summed E-state index contributed by atoms with van der Waals surface area (Å²) in [4.78, 5) is 23.0. The number of carboxylic acids is 1. The van der Waals surface area contributed by atoms with Crippen LogP contribution in [0.4, 0.5) is 0 Å². The SMILES string of the molecule is CC1(c2ccc(C(=O)[C@H]3C[C@@H]3C(=O)O)cc2Cl)COC1. The number of aliphatic carboxylic acids is 1. The van der Waals surface area contributed by atoms with Gasteiger partial charge in [-0.3, -0.25) is 9.59 Å². The van der Waals surface area contributed by atoms with Crippen LogP contribution in [0.5, 0.6) is 0 Å². The molecule has 4 nitrogen and oxygen atoms in total. The zero-order valence-corrected chi connectivity index (χ0v) is 11.8. The lowest BCUT2D eigenvalue weighted by Crippen LogP contribution is -2.44. The van der Waals surface area contributed by atoms with Crippen LogP contribution in [0.1, 0.15) is 29.3 Å². The molecule has 0 radical (unpaired) electrons. The van der Waals surface area contributed by atoms with E-state index in [1.807, 2.05) is 6.07 Å². The third-order valence-corrected chi connectivity index (χ3v) is 4.50. The highest BCUT2D eigenvalue weighted by Gasteiger charge is 2.48. The van der Waals surface area contributed by atoms with Gasteiger partial charge in [0.25, 0.3) is 0 Å². The summed E-state index contributed by atoms with van der Waals surface area (Å²) >= 11 is 6.27. The Morgan fingerprint density at radius 2 is 2.05 bits per heavy atom. The molecule has 1 N–H and O–H groups in total. The Morgan fingerprint density at radius 3 is 2.50 bits per heavy atom. The van der Waals surface area contributed by atoms with Crippen LogP contribution in [-0.4, -0.2) is 30.1 Å². The molecule has 2 aliphatic rings. The molecular formula is C15H15ClO4. The predicted molar refractivity (Wildman–Crippen MR) is 73.2 cm³/mol. The van der Waals surface area contributed by atoms with Crippen LogP contribution < -0.4 is 0 Å². The van der Waals surface area contributed by atoms with Crippen molar-refractivity contribution in [2.24, 2.45) is 11.8 Å². The summed E-state index contributed by atoms with van der Waals surface area (Å²) in [7, 11) is 0. The van der Waals surface area contributed by atoms with Gasteiger partial charge in [0.15, 0.2) is 5.78 Å². The first kappa shape index (κ1) is 13.6. The van der Waals surface area contributed by atoms with Crippen molar-refractivity contribution in [2.75, 3.05) is 13.2 Å². The lowest BCUT2D eigenvalue weighted by molar-refractivity contribution is -0.138. The summed E-state index contributed by atoms with van der Waals surface area (Å²) in [5, 5.41) is 9.42. The third-order valence-electron chi connectivity index (χ3n) is 4.19. The summed E-state index contributed by atoms with van der Waals surface area (Å²) in [6.07, 6.45) is 0.430. The largest absolute Gasteiger partial charge is 0.481 e. The minimum Gasteiger partial charge on any atom is -0.481 e. The normalized spacial score (nSPS) is 26.7. The number of rotatable bonds is 4. The Kier molecular flexibility index (Phi) is 3.10. The third kappa shape index (κ3) is 2.13. The second-order valence-electron chi connectivity index (χ2n) is 5.90. The molecule has 1 aromatic rings. The molecule has 1 aliphatic carbocycles. The van der Waals surface area contributed by atoms with Crippen molar-refractivity contribution in [2.45, 2.75) is 18.8 Å². The summed E-state index contributed by atoms with van der Waals surface area (Å²) in [6, 6.07) is 5.25. The number of carboxylic acid groups (broad SMARTS) is 1. The van der Waals surface area contributed by atoms with Crippen LogP contribution in [0.25, 0.3) is 0 Å². The molecule has 106 valence electrons. The Labute approximate surface area is 121 Å². The van der Waals surface area contributed by atoms with Crippen LogP contribution in [0.15, 0.2) is 18.2 Å². The molecule has 0 bridgehead atoms. The lowest BCUT2D eigenvalue weighted by atomic mass is 9.80. The van der Waals surface area contributed by atoms with Crippen molar-refractivity contribution < 1.29 is 19.4 Å². The Hall–Kier alpha value is -1.39. The molecule has 0 unspecified atom stereocenters. The van der Waals surface area contributed by atoms with E-state index >= 15 is 0 Å². The molecule has 1 aromatic carbocycles. The average molecular weight is 295 g/mol. The second-order valence-corrected chi connectivity index (χ2v) is 6.31. The summed E-state index contributed by atoms with van der Waals surface area (Å²) in [5.74, 6) is -1.94. The molecule has 3 rings (SSSR count). The minimum absolute atomic E-state index is 0.0815. The Bertz CT molecular complexity index is 592. The average Bonchev–Trinajstić information content (AvgIpc) is 3.15. The van der Waals surface area contributed by atoms with E-state index in [1.54, 1.807) is 12.1 Å². The number of ketones is 1. The van der Waals surface area contributed by atoms with Crippen LogP contribution in [-0.2, 0) is 14.9 Å². The van der Waals surface area contributed by atoms with E-state index in [0.29, 0.717) is 30.2 Å². The highest BCUT2D eigenvalue weighted by atomic mass is 35.5. The van der Waals surface area contributed by atoms with E-state index in [-0.39, 0.29) is 11.2 Å². The van der Waals surface area contributed by atoms with E-state index in [2.05, 4.69) is 6.92 Å². The molecule has 20 heavy (non-hydrogen) atoms. The molecule has 2 fully saturated rings. The molecule has 0 spiro atoms. The maximum Gasteiger partial charge on any atom is 0.307 e. The van der Waals surface area contributed by atoms with E-state index in [9.17, 15) is 9.59 Å². The van der Waals surface area contributed by atoms with Gasteiger partial charge in [0.2, 0.25) is 0 Å². The fourth-order valence-electron chi connectivity index (χ4n) is 2.69. The molecule has 5 heteroatoms. The molecule has 1 aliphatic heterocycles. The van der Waals surface area contributed by atoms with Crippen LogP contribution in [0, 0.1) is 11.8 Å². The Morgan fingerprint density at radius 1 is 1.35 bits per heavy atom. The number of ether oxygens (including phenoxy) is 1. The highest BCUT2D eigenvalue weighted by Crippen LogP contribution is 2.42. The number of carbonyl (C=O) groups is 2. The zero-order chi connectivity index (χ0) is 14.5. The summed E-state index contributed by atoms with van der Waals surface area (Å²) < 4.78 is 5.22. The van der Waals surface area contributed by atoms with E-state index < -0.39 is 17.8 Å². The quantitative estimate of drug-likeness (QED) is 0.867. The minimum atomic E-state index is -0.898. The van der Waals surface area contributed by atoms with E-state index in [1.165, 1.54) is 0 Å². The first-order valence-corrected chi connectivity index (χ1v) is 6.95. The molecule has 0 amide bonds. The van der Waals surface area contributed by atoms with Gasteiger partial charge in [-0.05, 0) is 18.1 Å². The number of carbonyl (C=O) groups excluding carboxylic acids is 1. The summed E-state index contributed by atoms with van der Waals surface area (Å²) in [5.41, 5.74) is 1.39. The number of hydrogen-bond acceptors (Lipinski definition) is 3. The van der Waals surface area contributed by atoms with Crippen molar-refractivity contribution in [1.29, 1.82) is 0 Å². The van der Waals surface area contributed by atoms with Gasteiger partial charge >= 0.3 is 5.97 Å². The topological polar surface area (TPSA) is 63.6 Å². The van der Waals surface area contributed by atoms with Gasteiger partial charge in [0.1, 0.15) is 0 Å². The van der Waals surface area contributed by atoms with Gasteiger partial charge in [0, 0.05) is 21.9 Å².